The molecule has 0 aromatic heterocycles. The number of carbonyl (C=O) groups is 1. The number of anilines is 1. The highest BCUT2D eigenvalue weighted by molar-refractivity contribution is 7.92. The molecule has 3 aromatic carbocycles. The Kier molecular flexibility index (Phi) is 7.33. The van der Waals surface area contributed by atoms with E-state index in [2.05, 4.69) is 27.1 Å². The van der Waals surface area contributed by atoms with Crippen LogP contribution in [0.4, 0.5) is 5.69 Å². The fourth-order valence-electron chi connectivity index (χ4n) is 3.89. The minimum Gasteiger partial charge on any atom is -0.348 e. The lowest BCUT2D eigenvalue weighted by atomic mass is 10.1. The van der Waals surface area contributed by atoms with E-state index in [0.717, 1.165) is 25.2 Å². The number of nitrogens with zero attached hydrogens (tertiary/aromatic N) is 1. The van der Waals surface area contributed by atoms with Crippen LogP contribution in [0, 0.1) is 0 Å². The minimum atomic E-state index is -3.77. The molecular weight excluding hydrogens is 458 g/mol. The SMILES string of the molecule is O=C(NCc1cccc(CN2CCCC2)c1)c1cc(NS(=O)(=O)c2ccccc2)ccc1Cl. The van der Waals surface area contributed by atoms with Crippen molar-refractivity contribution in [3.8, 4) is 0 Å². The van der Waals surface area contributed by atoms with Crippen LogP contribution >= 0.6 is 11.6 Å². The molecule has 8 heteroatoms. The lowest BCUT2D eigenvalue weighted by molar-refractivity contribution is 0.0951. The van der Waals surface area contributed by atoms with Gasteiger partial charge in [-0.1, -0.05) is 54.1 Å². The van der Waals surface area contributed by atoms with Crippen molar-refractivity contribution in [3.63, 3.8) is 0 Å². The van der Waals surface area contributed by atoms with E-state index in [-0.39, 0.29) is 27.1 Å². The molecule has 172 valence electrons. The molecule has 3 aromatic rings. The summed E-state index contributed by atoms with van der Waals surface area (Å²) >= 11 is 6.24. The number of nitrogens with one attached hydrogen (secondary N) is 2. The first-order valence-electron chi connectivity index (χ1n) is 10.9. The Bertz CT molecular complexity index is 1230. The molecule has 2 N–H and O–H groups in total. The molecule has 0 saturated carbocycles. The summed E-state index contributed by atoms with van der Waals surface area (Å²) in [6, 6.07) is 20.7. The van der Waals surface area contributed by atoms with E-state index in [1.807, 2.05) is 12.1 Å². The van der Waals surface area contributed by atoms with Gasteiger partial charge in [-0.3, -0.25) is 14.4 Å². The third-order valence-electron chi connectivity index (χ3n) is 5.57. The molecule has 0 aliphatic carbocycles. The summed E-state index contributed by atoms with van der Waals surface area (Å²) in [5.41, 5.74) is 2.69. The highest BCUT2D eigenvalue weighted by Crippen LogP contribution is 2.23. The molecular formula is C25H26ClN3O3S. The van der Waals surface area contributed by atoms with Crippen molar-refractivity contribution in [2.45, 2.75) is 30.8 Å². The van der Waals surface area contributed by atoms with Gasteiger partial charge >= 0.3 is 0 Å². The monoisotopic (exact) mass is 483 g/mol. The Balaban J connectivity index is 1.42. The zero-order chi connectivity index (χ0) is 23.3. The molecule has 6 nitrogen and oxygen atoms in total. The molecule has 1 saturated heterocycles. The maximum absolute atomic E-state index is 12.8. The summed E-state index contributed by atoms with van der Waals surface area (Å²) in [5, 5.41) is 3.13. The predicted octanol–water partition coefficient (Wildman–Crippen LogP) is 4.67. The quantitative estimate of drug-likeness (QED) is 0.488. The zero-order valence-electron chi connectivity index (χ0n) is 18.1. The maximum atomic E-state index is 12.8. The molecule has 1 aliphatic rings. The molecule has 0 spiro atoms. The van der Waals surface area contributed by atoms with Crippen molar-refractivity contribution in [2.24, 2.45) is 0 Å². The molecule has 4 rings (SSSR count). The fourth-order valence-corrected chi connectivity index (χ4v) is 5.16. The van der Waals surface area contributed by atoms with Crippen LogP contribution < -0.4 is 10.0 Å². The second-order valence-corrected chi connectivity index (χ2v) is 10.2. The Morgan fingerprint density at radius 3 is 2.39 bits per heavy atom. The summed E-state index contributed by atoms with van der Waals surface area (Å²) in [7, 11) is -3.77. The van der Waals surface area contributed by atoms with E-state index in [1.54, 1.807) is 18.2 Å². The van der Waals surface area contributed by atoms with Crippen LogP contribution in [-0.2, 0) is 23.1 Å². The Hall–Kier alpha value is -2.87. The number of carbonyl (C=O) groups excluding carboxylic acids is 1. The van der Waals surface area contributed by atoms with Gasteiger partial charge in [0.2, 0.25) is 0 Å². The second-order valence-electron chi connectivity index (χ2n) is 8.10. The van der Waals surface area contributed by atoms with Crippen LogP contribution in [0.15, 0.2) is 77.7 Å². The van der Waals surface area contributed by atoms with E-state index in [4.69, 9.17) is 11.6 Å². The summed E-state index contributed by atoms with van der Waals surface area (Å²) in [4.78, 5) is 15.4. The van der Waals surface area contributed by atoms with E-state index in [0.29, 0.717) is 6.54 Å². The summed E-state index contributed by atoms with van der Waals surface area (Å²) in [5.74, 6) is -0.370. The van der Waals surface area contributed by atoms with Crippen molar-refractivity contribution >= 4 is 33.2 Å². The van der Waals surface area contributed by atoms with Gasteiger partial charge in [-0.05, 0) is 67.4 Å². The molecule has 1 amide bonds. The molecule has 33 heavy (non-hydrogen) atoms. The van der Waals surface area contributed by atoms with Gasteiger partial charge in [0, 0.05) is 18.8 Å². The van der Waals surface area contributed by atoms with Crippen LogP contribution in [0.5, 0.6) is 0 Å². The standard InChI is InChI=1S/C25H26ClN3O3S/c26-24-12-11-21(28-33(31,32)22-9-2-1-3-10-22)16-23(24)25(30)27-17-19-7-6-8-20(15-19)18-29-13-4-5-14-29/h1-3,6-12,15-16,28H,4-5,13-14,17-18H2,(H,27,30). The molecule has 0 radical (unpaired) electrons. The number of hydrogen-bond donors (Lipinski definition) is 2. The Morgan fingerprint density at radius 2 is 1.64 bits per heavy atom. The van der Waals surface area contributed by atoms with E-state index < -0.39 is 10.0 Å². The topological polar surface area (TPSA) is 78.5 Å². The van der Waals surface area contributed by atoms with Gasteiger partial charge in [0.15, 0.2) is 0 Å². The highest BCUT2D eigenvalue weighted by atomic mass is 35.5. The lowest BCUT2D eigenvalue weighted by Gasteiger charge is -2.15. The summed E-state index contributed by atoms with van der Waals surface area (Å²) in [6.45, 7) is 3.52. The molecule has 1 fully saturated rings. The van der Waals surface area contributed by atoms with Crippen LogP contribution in [-0.4, -0.2) is 32.3 Å². The van der Waals surface area contributed by atoms with Gasteiger partial charge in [-0.25, -0.2) is 8.42 Å². The zero-order valence-corrected chi connectivity index (χ0v) is 19.7. The van der Waals surface area contributed by atoms with Crippen molar-refractivity contribution in [2.75, 3.05) is 17.8 Å². The van der Waals surface area contributed by atoms with Gasteiger partial charge in [-0.15, -0.1) is 0 Å². The number of rotatable bonds is 8. The first-order valence-corrected chi connectivity index (χ1v) is 12.7. The maximum Gasteiger partial charge on any atom is 0.261 e. The number of hydrogen-bond acceptors (Lipinski definition) is 4. The molecule has 0 atom stereocenters. The van der Waals surface area contributed by atoms with Crippen LogP contribution in [0.25, 0.3) is 0 Å². The van der Waals surface area contributed by atoms with Gasteiger partial charge in [-0.2, -0.15) is 0 Å². The van der Waals surface area contributed by atoms with Crippen molar-refractivity contribution < 1.29 is 13.2 Å². The van der Waals surface area contributed by atoms with Crippen molar-refractivity contribution in [1.29, 1.82) is 0 Å². The van der Waals surface area contributed by atoms with Crippen LogP contribution in [0.2, 0.25) is 5.02 Å². The van der Waals surface area contributed by atoms with Gasteiger partial charge in [0.1, 0.15) is 0 Å². The summed E-state index contributed by atoms with van der Waals surface area (Å²) in [6.07, 6.45) is 2.49. The Labute approximate surface area is 199 Å². The molecule has 0 bridgehead atoms. The van der Waals surface area contributed by atoms with Crippen molar-refractivity contribution in [1.82, 2.24) is 10.2 Å². The molecule has 1 heterocycles. The van der Waals surface area contributed by atoms with E-state index >= 15 is 0 Å². The van der Waals surface area contributed by atoms with Gasteiger partial charge in [0.05, 0.1) is 15.5 Å². The number of benzene rings is 3. The number of halogens is 1. The molecule has 0 unspecified atom stereocenters. The third kappa shape index (κ3) is 6.13. The van der Waals surface area contributed by atoms with E-state index in [9.17, 15) is 13.2 Å². The van der Waals surface area contributed by atoms with Crippen LogP contribution in [0.3, 0.4) is 0 Å². The Morgan fingerprint density at radius 1 is 0.909 bits per heavy atom. The van der Waals surface area contributed by atoms with Gasteiger partial charge in [0.25, 0.3) is 15.9 Å². The number of amides is 1. The first kappa shape index (κ1) is 23.3. The summed E-state index contributed by atoms with van der Waals surface area (Å²) < 4.78 is 27.7. The first-order chi connectivity index (χ1) is 15.9. The van der Waals surface area contributed by atoms with E-state index in [1.165, 1.54) is 48.7 Å². The van der Waals surface area contributed by atoms with Crippen molar-refractivity contribution in [3.05, 3.63) is 94.5 Å². The van der Waals surface area contributed by atoms with Gasteiger partial charge < -0.3 is 5.32 Å². The fraction of sp³-hybridized carbons (Fsp3) is 0.240. The number of likely N-dealkylation sites (tertiary alicyclic amines) is 1. The largest absolute Gasteiger partial charge is 0.348 e. The average Bonchev–Trinajstić information content (AvgIpc) is 3.32. The lowest BCUT2D eigenvalue weighted by Crippen LogP contribution is -2.24. The smallest absolute Gasteiger partial charge is 0.261 e. The highest BCUT2D eigenvalue weighted by Gasteiger charge is 2.17. The molecule has 1 aliphatic heterocycles. The second kappa shape index (κ2) is 10.4. The average molecular weight is 484 g/mol. The number of sulfonamides is 1. The normalized spacial score (nSPS) is 14.2. The van der Waals surface area contributed by atoms with Crippen LogP contribution in [0.1, 0.15) is 34.3 Å². The predicted molar refractivity (Wildman–Crippen MR) is 131 cm³/mol. The minimum absolute atomic E-state index is 0.139. The third-order valence-corrected chi connectivity index (χ3v) is 7.29.